The van der Waals surface area contributed by atoms with E-state index in [9.17, 15) is 141 Å². The number of halogens is 32. The third-order valence-corrected chi connectivity index (χ3v) is 6.05. The summed E-state index contributed by atoms with van der Waals surface area (Å²) in [4.78, 5) is 10.8. The van der Waals surface area contributed by atoms with Gasteiger partial charge in [0, 0.05) is 0 Å². The molecule has 33 heteroatoms. The van der Waals surface area contributed by atoms with Gasteiger partial charge in [-0.15, -0.1) is 0 Å². The molecule has 294 valence electrons. The zero-order valence-electron chi connectivity index (χ0n) is 20.5. The minimum atomic E-state index is -10.0. The van der Waals surface area contributed by atoms with Crippen LogP contribution < -0.4 is 0 Å². The lowest BCUT2D eigenvalue weighted by molar-refractivity contribution is -0.475. The molecule has 1 atom stereocenters. The summed E-state index contributed by atoms with van der Waals surface area (Å²) in [5.41, 5.74) is -9.46. The Balaban J connectivity index is 7.99. The van der Waals surface area contributed by atoms with Crippen molar-refractivity contribution in [2.45, 2.75) is 89.1 Å². The lowest BCUT2D eigenvalue weighted by Crippen LogP contribution is -2.81. The number of hydrogen-bond acceptors (Lipinski definition) is 1. The van der Waals surface area contributed by atoms with Crippen LogP contribution in [0.5, 0.6) is 0 Å². The molecule has 0 radical (unpaired) electrons. The van der Waals surface area contributed by atoms with Gasteiger partial charge in [0.15, 0.2) is 0 Å². The second-order valence-corrected chi connectivity index (χ2v) is 9.16. The lowest BCUT2D eigenvalue weighted by atomic mass is 9.77. The van der Waals surface area contributed by atoms with Crippen molar-refractivity contribution in [1.29, 1.82) is 0 Å². The van der Waals surface area contributed by atoms with Crippen molar-refractivity contribution in [3.63, 3.8) is 0 Å². The Kier molecular flexibility index (Phi) is 10.6. The van der Waals surface area contributed by atoms with Crippen LogP contribution in [0, 0.1) is 0 Å². The molecular weight excluding hydrogens is 833 g/mol. The zero-order valence-corrected chi connectivity index (χ0v) is 21.3. The fraction of sp³-hybridized carbons (Fsp3) is 0.938. The van der Waals surface area contributed by atoms with Gasteiger partial charge < -0.3 is 0 Å². The van der Waals surface area contributed by atoms with Crippen LogP contribution in [0.1, 0.15) is 0 Å². The van der Waals surface area contributed by atoms with E-state index in [0.29, 0.717) is 0 Å². The van der Waals surface area contributed by atoms with Gasteiger partial charge in [0.05, 0.1) is 0 Å². The summed E-state index contributed by atoms with van der Waals surface area (Å²) in [6.45, 7) is 0. The normalized spacial score (nSPS) is 18.0. The summed E-state index contributed by atoms with van der Waals surface area (Å²) in [6, 6.07) is 0. The summed E-state index contributed by atoms with van der Waals surface area (Å²) in [5, 5.41) is -5.52. The summed E-state index contributed by atoms with van der Waals surface area (Å²) in [7, 11) is 0. The summed E-state index contributed by atoms with van der Waals surface area (Å²) in [6.07, 6.45) is -16.7. The van der Waals surface area contributed by atoms with Crippen LogP contribution >= 0.6 is 11.6 Å². The van der Waals surface area contributed by atoms with E-state index >= 15 is 0 Å². The summed E-state index contributed by atoms with van der Waals surface area (Å²) >= 11 is 3.40. The standard InChI is InChI=1S/C16ClF31O/c17-1(49)2(18,4(21,22)6(25,26)8(29,30)11(35,36)13(39,40)15(43,44)45)3(19,20)5(23,24)7(27,28)9(31,32)10(33,34)12(37,38)14(41,42)16(46,47)48. The van der Waals surface area contributed by atoms with Gasteiger partial charge in [-0.3, -0.25) is 4.79 Å². The molecule has 0 amide bonds. The Hall–Kier alpha value is -2.21. The van der Waals surface area contributed by atoms with E-state index in [-0.39, 0.29) is 0 Å². The first-order valence-electron chi connectivity index (χ1n) is 10.0. The maximum absolute atomic E-state index is 14.6. The molecule has 1 unspecified atom stereocenters. The Bertz CT molecular complexity index is 1250. The second-order valence-electron chi connectivity index (χ2n) is 8.82. The average molecular weight is 833 g/mol. The third-order valence-electron chi connectivity index (χ3n) is 5.79. The van der Waals surface area contributed by atoms with Gasteiger partial charge in [0.2, 0.25) is 0 Å². The molecule has 0 saturated carbocycles. The van der Waals surface area contributed by atoms with Gasteiger partial charge in [-0.05, 0) is 11.6 Å². The maximum atomic E-state index is 14.6. The quantitative estimate of drug-likeness (QED) is 0.134. The summed E-state index contributed by atoms with van der Waals surface area (Å²) < 4.78 is 412. The van der Waals surface area contributed by atoms with E-state index < -0.39 is 94.3 Å². The first-order chi connectivity index (χ1) is 20.4. The minimum Gasteiger partial charge on any atom is -0.277 e. The van der Waals surface area contributed by atoms with E-state index in [2.05, 4.69) is 11.6 Å². The van der Waals surface area contributed by atoms with Crippen molar-refractivity contribution in [3.05, 3.63) is 0 Å². The molecule has 0 aromatic carbocycles. The molecule has 0 heterocycles. The highest BCUT2D eigenvalue weighted by Crippen LogP contribution is 2.69. The molecular formula is C16ClF31O. The molecule has 0 aliphatic carbocycles. The van der Waals surface area contributed by atoms with E-state index in [1.165, 1.54) is 0 Å². The monoisotopic (exact) mass is 832 g/mol. The largest absolute Gasteiger partial charge is 0.460 e. The maximum Gasteiger partial charge on any atom is 0.460 e. The van der Waals surface area contributed by atoms with Crippen molar-refractivity contribution >= 4 is 16.8 Å². The fourth-order valence-electron chi connectivity index (χ4n) is 2.81. The number of carbonyl (C=O) groups is 1. The van der Waals surface area contributed by atoms with E-state index in [4.69, 9.17) is 0 Å². The van der Waals surface area contributed by atoms with Crippen molar-refractivity contribution < 1.29 is 141 Å². The average Bonchev–Trinajstić information content (AvgIpc) is 2.84. The molecule has 0 aromatic heterocycles. The summed E-state index contributed by atoms with van der Waals surface area (Å²) in [5.74, 6) is -115. The van der Waals surface area contributed by atoms with Crippen molar-refractivity contribution in [1.82, 2.24) is 0 Å². The van der Waals surface area contributed by atoms with Crippen molar-refractivity contribution in [2.75, 3.05) is 0 Å². The SMILES string of the molecule is O=C(Cl)C(F)(C(F)(F)C(F)(F)C(F)(F)C(F)(F)C(F)(F)C(F)(F)F)C(F)(F)C(F)(F)C(F)(F)C(F)(F)C(F)(F)C(F)(F)C(F)(F)C(F)(F)F. The van der Waals surface area contributed by atoms with Gasteiger partial charge in [0.25, 0.3) is 5.24 Å². The number of rotatable bonds is 13. The number of carbonyl (C=O) groups excluding carboxylic acids is 1. The molecule has 0 fully saturated rings. The molecule has 0 saturated heterocycles. The van der Waals surface area contributed by atoms with Crippen LogP contribution in [0.15, 0.2) is 0 Å². The van der Waals surface area contributed by atoms with Gasteiger partial charge in [-0.2, -0.15) is 132 Å². The predicted octanol–water partition coefficient (Wildman–Crippen LogP) is 10.2. The fourth-order valence-corrected chi connectivity index (χ4v) is 3.05. The van der Waals surface area contributed by atoms with Crippen LogP contribution in [0.3, 0.4) is 0 Å². The molecule has 0 aliphatic heterocycles. The van der Waals surface area contributed by atoms with Crippen molar-refractivity contribution in [2.24, 2.45) is 0 Å². The molecule has 1 nitrogen and oxygen atoms in total. The van der Waals surface area contributed by atoms with E-state index in [1.807, 2.05) is 0 Å². The zero-order chi connectivity index (χ0) is 41.1. The smallest absolute Gasteiger partial charge is 0.277 e. The predicted molar refractivity (Wildman–Crippen MR) is 86.2 cm³/mol. The van der Waals surface area contributed by atoms with Crippen molar-refractivity contribution in [3.8, 4) is 0 Å². The van der Waals surface area contributed by atoms with Crippen LogP contribution in [0.2, 0.25) is 0 Å². The number of alkyl halides is 31. The minimum absolute atomic E-state index is 3.40. The first-order valence-corrected chi connectivity index (χ1v) is 10.4. The Morgan fingerprint density at radius 2 is 0.367 bits per heavy atom. The third kappa shape index (κ3) is 5.21. The Labute approximate surface area is 248 Å². The van der Waals surface area contributed by atoms with Gasteiger partial charge in [-0.1, -0.05) is 0 Å². The van der Waals surface area contributed by atoms with Crippen LogP contribution in [-0.4, -0.2) is 94.3 Å². The second kappa shape index (κ2) is 11.1. The van der Waals surface area contributed by atoms with E-state index in [1.54, 1.807) is 0 Å². The molecule has 0 N–H and O–H groups in total. The Morgan fingerprint density at radius 1 is 0.245 bits per heavy atom. The Morgan fingerprint density at radius 3 is 0.490 bits per heavy atom. The van der Waals surface area contributed by atoms with Gasteiger partial charge in [-0.25, -0.2) is 4.39 Å². The highest BCUT2D eigenvalue weighted by Gasteiger charge is 3.01. The van der Waals surface area contributed by atoms with Crippen LogP contribution in [0.4, 0.5) is 136 Å². The van der Waals surface area contributed by atoms with E-state index in [0.717, 1.165) is 0 Å². The molecule has 0 aliphatic rings. The molecule has 0 aromatic rings. The number of hydrogen-bond donors (Lipinski definition) is 0. The molecule has 0 rings (SSSR count). The molecule has 0 spiro atoms. The highest BCUT2D eigenvalue weighted by molar-refractivity contribution is 6.65. The molecule has 0 bridgehead atoms. The van der Waals surface area contributed by atoms with Crippen LogP contribution in [0.25, 0.3) is 0 Å². The van der Waals surface area contributed by atoms with Crippen LogP contribution in [-0.2, 0) is 4.79 Å². The van der Waals surface area contributed by atoms with Gasteiger partial charge in [0.1, 0.15) is 0 Å². The first kappa shape index (κ1) is 46.8. The molecule has 49 heavy (non-hydrogen) atoms. The topological polar surface area (TPSA) is 17.1 Å². The highest BCUT2D eigenvalue weighted by atomic mass is 35.5. The lowest BCUT2D eigenvalue weighted by Gasteiger charge is -2.47. The van der Waals surface area contributed by atoms with Gasteiger partial charge >= 0.3 is 89.1 Å².